The predicted molar refractivity (Wildman–Crippen MR) is 67.9 cm³/mol. The first-order valence-corrected chi connectivity index (χ1v) is 5.81. The lowest BCUT2D eigenvalue weighted by molar-refractivity contribution is -0.384. The molecule has 0 saturated carbocycles. The number of hydrogen-bond donors (Lipinski definition) is 1. The standard InChI is InChI=1S/C10H9ClN2O3S/c11-6-1-2-8(9(3-6)13(15)16)12-5-7(17)4-10(12)14/h1-3,7,17H,4-5H2. The second-order valence-corrected chi connectivity index (χ2v) is 4.92. The number of carbonyl (C=O) groups is 1. The molecule has 1 unspecified atom stereocenters. The molecule has 17 heavy (non-hydrogen) atoms. The van der Waals surface area contributed by atoms with E-state index in [2.05, 4.69) is 12.6 Å². The predicted octanol–water partition coefficient (Wildman–Crippen LogP) is 2.28. The summed E-state index contributed by atoms with van der Waals surface area (Å²) in [5.41, 5.74) is 0.120. The summed E-state index contributed by atoms with van der Waals surface area (Å²) in [5, 5.41) is 11.1. The molecule has 1 atom stereocenters. The van der Waals surface area contributed by atoms with Gasteiger partial charge in [-0.3, -0.25) is 14.9 Å². The number of carbonyl (C=O) groups excluding carboxylic acids is 1. The van der Waals surface area contributed by atoms with Crippen LogP contribution in [0.5, 0.6) is 0 Å². The van der Waals surface area contributed by atoms with Crippen molar-refractivity contribution >= 4 is 41.5 Å². The third-order valence-electron chi connectivity index (χ3n) is 2.53. The van der Waals surface area contributed by atoms with E-state index in [1.54, 1.807) is 0 Å². The van der Waals surface area contributed by atoms with E-state index in [1.165, 1.54) is 23.1 Å². The lowest BCUT2D eigenvalue weighted by Crippen LogP contribution is -2.25. The summed E-state index contributed by atoms with van der Waals surface area (Å²) in [6, 6.07) is 4.27. The largest absolute Gasteiger partial charge is 0.305 e. The molecule has 5 nitrogen and oxygen atoms in total. The molecule has 0 N–H and O–H groups in total. The second-order valence-electron chi connectivity index (χ2n) is 3.75. The number of hydrogen-bond acceptors (Lipinski definition) is 4. The lowest BCUT2D eigenvalue weighted by atomic mass is 10.2. The summed E-state index contributed by atoms with van der Waals surface area (Å²) >= 11 is 9.92. The van der Waals surface area contributed by atoms with Crippen LogP contribution in [0, 0.1) is 10.1 Å². The summed E-state index contributed by atoms with van der Waals surface area (Å²) in [5.74, 6) is -0.157. The van der Waals surface area contributed by atoms with E-state index in [0.29, 0.717) is 13.0 Å². The van der Waals surface area contributed by atoms with Gasteiger partial charge >= 0.3 is 0 Å². The maximum Gasteiger partial charge on any atom is 0.294 e. The third-order valence-corrected chi connectivity index (χ3v) is 3.11. The molecule has 7 heteroatoms. The van der Waals surface area contributed by atoms with Crippen molar-refractivity contribution in [2.75, 3.05) is 11.4 Å². The van der Waals surface area contributed by atoms with Gasteiger partial charge in [-0.15, -0.1) is 0 Å². The number of nitrogens with zero attached hydrogens (tertiary/aromatic N) is 2. The highest BCUT2D eigenvalue weighted by atomic mass is 35.5. The van der Waals surface area contributed by atoms with Crippen LogP contribution in [-0.4, -0.2) is 22.6 Å². The fourth-order valence-corrected chi connectivity index (χ4v) is 2.28. The SMILES string of the molecule is O=C1CC(S)CN1c1ccc(Cl)cc1[N+](=O)[O-]. The van der Waals surface area contributed by atoms with Gasteiger partial charge in [0.05, 0.1) is 4.92 Å². The maximum atomic E-state index is 11.7. The van der Waals surface area contributed by atoms with Crippen LogP contribution in [-0.2, 0) is 4.79 Å². The zero-order valence-corrected chi connectivity index (χ0v) is 10.3. The molecule has 1 saturated heterocycles. The molecule has 90 valence electrons. The average molecular weight is 273 g/mol. The van der Waals surface area contributed by atoms with Gasteiger partial charge in [0.2, 0.25) is 5.91 Å². The molecule has 1 heterocycles. The van der Waals surface area contributed by atoms with Crippen molar-refractivity contribution in [3.05, 3.63) is 33.3 Å². The van der Waals surface area contributed by atoms with E-state index in [0.717, 1.165) is 0 Å². The molecule has 1 aromatic rings. The van der Waals surface area contributed by atoms with Crippen molar-refractivity contribution in [1.29, 1.82) is 0 Å². The highest BCUT2D eigenvalue weighted by Gasteiger charge is 2.32. The Bertz CT molecular complexity index is 494. The fraction of sp³-hybridized carbons (Fsp3) is 0.300. The summed E-state index contributed by atoms with van der Waals surface area (Å²) in [6.45, 7) is 0.379. The van der Waals surface area contributed by atoms with Gasteiger partial charge in [-0.05, 0) is 12.1 Å². The molecule has 0 spiro atoms. The summed E-state index contributed by atoms with van der Waals surface area (Å²) in [4.78, 5) is 23.4. The Morgan fingerprint density at radius 3 is 2.76 bits per heavy atom. The molecule has 1 fully saturated rings. The summed E-state index contributed by atoms with van der Waals surface area (Å²) in [7, 11) is 0. The lowest BCUT2D eigenvalue weighted by Gasteiger charge is -2.15. The van der Waals surface area contributed by atoms with Gasteiger partial charge < -0.3 is 4.90 Å². The first kappa shape index (κ1) is 12.2. The number of anilines is 1. The van der Waals surface area contributed by atoms with Crippen LogP contribution >= 0.6 is 24.2 Å². The molecular weight excluding hydrogens is 264 g/mol. The zero-order valence-electron chi connectivity index (χ0n) is 8.67. The number of halogens is 1. The topological polar surface area (TPSA) is 63.5 Å². The molecule has 0 aromatic heterocycles. The molecule has 1 aromatic carbocycles. The van der Waals surface area contributed by atoms with Gasteiger partial charge in [-0.25, -0.2) is 0 Å². The first-order chi connectivity index (χ1) is 7.99. The summed E-state index contributed by atoms with van der Waals surface area (Å²) in [6.07, 6.45) is 0.295. The molecule has 0 radical (unpaired) electrons. The highest BCUT2D eigenvalue weighted by Crippen LogP contribution is 2.34. The van der Waals surface area contributed by atoms with Crippen molar-refractivity contribution in [2.24, 2.45) is 0 Å². The normalized spacial score (nSPS) is 19.8. The van der Waals surface area contributed by atoms with E-state index in [9.17, 15) is 14.9 Å². The molecule has 1 aliphatic heterocycles. The van der Waals surface area contributed by atoms with Crippen LogP contribution in [0.2, 0.25) is 5.02 Å². The monoisotopic (exact) mass is 272 g/mol. The Balaban J connectivity index is 2.45. The Morgan fingerprint density at radius 2 is 2.24 bits per heavy atom. The number of nitro benzene ring substituents is 1. The van der Waals surface area contributed by atoms with Crippen LogP contribution in [0.25, 0.3) is 0 Å². The number of rotatable bonds is 2. The van der Waals surface area contributed by atoms with Crippen LogP contribution < -0.4 is 4.90 Å². The van der Waals surface area contributed by atoms with Crippen LogP contribution in [0.4, 0.5) is 11.4 Å². The van der Waals surface area contributed by atoms with Crippen LogP contribution in [0.1, 0.15) is 6.42 Å². The highest BCUT2D eigenvalue weighted by molar-refractivity contribution is 7.81. The fourth-order valence-electron chi connectivity index (χ4n) is 1.79. The first-order valence-electron chi connectivity index (χ1n) is 4.91. The van der Waals surface area contributed by atoms with Gasteiger partial charge in [0.15, 0.2) is 0 Å². The average Bonchev–Trinajstić information content (AvgIpc) is 2.57. The van der Waals surface area contributed by atoms with E-state index in [4.69, 9.17) is 11.6 Å². The summed E-state index contributed by atoms with van der Waals surface area (Å²) < 4.78 is 0. The maximum absolute atomic E-state index is 11.7. The van der Waals surface area contributed by atoms with E-state index < -0.39 is 4.92 Å². The number of amides is 1. The molecule has 2 rings (SSSR count). The van der Waals surface area contributed by atoms with E-state index in [1.807, 2.05) is 0 Å². The molecule has 0 bridgehead atoms. The van der Waals surface area contributed by atoms with Crippen molar-refractivity contribution < 1.29 is 9.72 Å². The number of benzene rings is 1. The quantitative estimate of drug-likeness (QED) is 0.510. The molecule has 0 aliphatic carbocycles. The smallest absolute Gasteiger partial charge is 0.294 e. The van der Waals surface area contributed by atoms with Crippen LogP contribution in [0.3, 0.4) is 0 Å². The van der Waals surface area contributed by atoms with Gasteiger partial charge in [0.1, 0.15) is 5.69 Å². The minimum atomic E-state index is -0.541. The molecule has 1 amide bonds. The van der Waals surface area contributed by atoms with Gasteiger partial charge in [-0.2, -0.15) is 12.6 Å². The van der Waals surface area contributed by atoms with E-state index >= 15 is 0 Å². The van der Waals surface area contributed by atoms with Crippen molar-refractivity contribution in [2.45, 2.75) is 11.7 Å². The third kappa shape index (κ3) is 2.37. The molecular formula is C10H9ClN2O3S. The minimum absolute atomic E-state index is 0.0854. The number of thiol groups is 1. The van der Waals surface area contributed by atoms with Crippen molar-refractivity contribution in [1.82, 2.24) is 0 Å². The Morgan fingerprint density at radius 1 is 1.53 bits per heavy atom. The minimum Gasteiger partial charge on any atom is -0.305 e. The van der Waals surface area contributed by atoms with Crippen molar-refractivity contribution in [3.8, 4) is 0 Å². The van der Waals surface area contributed by atoms with E-state index in [-0.39, 0.29) is 27.6 Å². The Hall–Kier alpha value is -1.27. The van der Waals surface area contributed by atoms with Gasteiger partial charge in [-0.1, -0.05) is 11.6 Å². The van der Waals surface area contributed by atoms with Gasteiger partial charge in [0.25, 0.3) is 5.69 Å². The van der Waals surface area contributed by atoms with Crippen molar-refractivity contribution in [3.63, 3.8) is 0 Å². The Kier molecular flexibility index (Phi) is 3.26. The number of nitro groups is 1. The second kappa shape index (κ2) is 4.54. The Labute approximate surface area is 108 Å². The van der Waals surface area contributed by atoms with Crippen LogP contribution in [0.15, 0.2) is 18.2 Å². The van der Waals surface area contributed by atoms with Gasteiger partial charge in [0, 0.05) is 29.3 Å². The molecule has 1 aliphatic rings. The zero-order chi connectivity index (χ0) is 12.6.